The van der Waals surface area contributed by atoms with Gasteiger partial charge in [0.2, 0.25) is 5.91 Å². The fourth-order valence-corrected chi connectivity index (χ4v) is 3.75. The predicted octanol–water partition coefficient (Wildman–Crippen LogP) is 5.41. The third-order valence-corrected chi connectivity index (χ3v) is 5.52. The molecule has 7 nitrogen and oxygen atoms in total. The van der Waals surface area contributed by atoms with Gasteiger partial charge >= 0.3 is 6.03 Å². The number of urea groups is 1. The van der Waals surface area contributed by atoms with Crippen LogP contribution in [-0.4, -0.2) is 21.7 Å². The molecule has 3 amide bonds. The van der Waals surface area contributed by atoms with E-state index >= 15 is 0 Å². The minimum Gasteiger partial charge on any atom is -0.369 e. The lowest BCUT2D eigenvalue weighted by molar-refractivity contribution is -0.117. The van der Waals surface area contributed by atoms with E-state index in [0.29, 0.717) is 29.1 Å². The van der Waals surface area contributed by atoms with Crippen molar-refractivity contribution in [1.82, 2.24) is 9.78 Å². The topological polar surface area (TPSA) is 102 Å². The maximum atomic E-state index is 14.0. The Morgan fingerprint density at radius 2 is 1.64 bits per heavy atom. The summed E-state index contributed by atoms with van der Waals surface area (Å²) in [6.45, 7) is 5.83. The molecule has 0 atom stereocenters. The quantitative estimate of drug-likeness (QED) is 0.323. The second-order valence-corrected chi connectivity index (χ2v) is 9.37. The second-order valence-electron chi connectivity index (χ2n) is 9.37. The second kappa shape index (κ2) is 9.37. The fraction of sp³-hybridized carbons (Fsp3) is 0.192. The van der Waals surface area contributed by atoms with Gasteiger partial charge in [-0.15, -0.1) is 0 Å². The summed E-state index contributed by atoms with van der Waals surface area (Å²) in [5.74, 6) is -4.06. The minimum absolute atomic E-state index is 0.000402. The largest absolute Gasteiger partial charge is 0.369 e. The van der Waals surface area contributed by atoms with Gasteiger partial charge in [0.15, 0.2) is 11.6 Å². The molecule has 36 heavy (non-hydrogen) atoms. The van der Waals surface area contributed by atoms with Crippen molar-refractivity contribution < 1.29 is 22.8 Å². The van der Waals surface area contributed by atoms with Crippen LogP contribution in [0.2, 0.25) is 0 Å². The van der Waals surface area contributed by atoms with Crippen LogP contribution in [0, 0.1) is 17.5 Å². The van der Waals surface area contributed by atoms with Gasteiger partial charge in [-0.25, -0.2) is 22.6 Å². The van der Waals surface area contributed by atoms with Gasteiger partial charge in [-0.2, -0.15) is 5.10 Å². The van der Waals surface area contributed by atoms with E-state index in [1.54, 1.807) is 12.1 Å². The van der Waals surface area contributed by atoms with E-state index < -0.39 is 40.5 Å². The van der Waals surface area contributed by atoms with Crippen LogP contribution >= 0.6 is 0 Å². The molecule has 4 N–H and O–H groups in total. The molecule has 10 heteroatoms. The predicted molar refractivity (Wildman–Crippen MR) is 132 cm³/mol. The zero-order valence-electron chi connectivity index (χ0n) is 19.8. The van der Waals surface area contributed by atoms with Gasteiger partial charge in [0.1, 0.15) is 11.6 Å². The van der Waals surface area contributed by atoms with E-state index in [1.807, 2.05) is 51.1 Å². The highest BCUT2D eigenvalue weighted by molar-refractivity contribution is 5.99. The van der Waals surface area contributed by atoms with Crippen LogP contribution in [-0.2, 0) is 16.6 Å². The Hall–Kier alpha value is -4.34. The van der Waals surface area contributed by atoms with E-state index in [0.717, 1.165) is 10.8 Å². The van der Waals surface area contributed by atoms with Gasteiger partial charge in [0.05, 0.1) is 23.5 Å². The first-order valence-corrected chi connectivity index (χ1v) is 11.1. The Kier molecular flexibility index (Phi) is 6.45. The highest BCUT2D eigenvalue weighted by atomic mass is 19.2. The van der Waals surface area contributed by atoms with Crippen LogP contribution in [0.5, 0.6) is 0 Å². The maximum Gasteiger partial charge on any atom is 0.324 e. The molecule has 186 valence electrons. The Morgan fingerprint density at radius 1 is 0.944 bits per heavy atom. The molecule has 0 spiro atoms. The maximum absolute atomic E-state index is 14.0. The summed E-state index contributed by atoms with van der Waals surface area (Å²) in [4.78, 5) is 24.4. The van der Waals surface area contributed by atoms with Crippen molar-refractivity contribution in [3.8, 4) is 5.69 Å². The molecular weight excluding hydrogens is 471 g/mol. The number of nitrogens with two attached hydrogens (primary N) is 1. The summed E-state index contributed by atoms with van der Waals surface area (Å²) >= 11 is 0. The molecule has 1 heterocycles. The van der Waals surface area contributed by atoms with Crippen LogP contribution in [0.4, 0.5) is 29.5 Å². The normalized spacial score (nSPS) is 11.5. The van der Waals surface area contributed by atoms with Gasteiger partial charge in [-0.1, -0.05) is 45.0 Å². The molecule has 0 unspecified atom stereocenters. The molecule has 0 aliphatic carbocycles. The lowest BCUT2D eigenvalue weighted by Gasteiger charge is -2.15. The Balaban J connectivity index is 1.76. The number of rotatable bonds is 5. The number of fused-ring (bicyclic) bond motifs is 1. The molecule has 4 rings (SSSR count). The van der Waals surface area contributed by atoms with Gasteiger partial charge < -0.3 is 11.1 Å². The highest BCUT2D eigenvalue weighted by Crippen LogP contribution is 2.30. The number of halogens is 3. The fourth-order valence-electron chi connectivity index (χ4n) is 3.75. The summed E-state index contributed by atoms with van der Waals surface area (Å²) in [5, 5.41) is 11.1. The molecule has 0 aliphatic rings. The Labute approximate surface area is 205 Å². The van der Waals surface area contributed by atoms with E-state index in [-0.39, 0.29) is 12.2 Å². The Morgan fingerprint density at radius 3 is 2.33 bits per heavy atom. The molecule has 4 aromatic rings. The Bertz CT molecular complexity index is 1490. The van der Waals surface area contributed by atoms with E-state index in [4.69, 9.17) is 5.73 Å². The van der Waals surface area contributed by atoms with Crippen molar-refractivity contribution in [2.24, 2.45) is 5.73 Å². The van der Waals surface area contributed by atoms with Gasteiger partial charge in [-0.05, 0) is 28.5 Å². The lowest BCUT2D eigenvalue weighted by atomic mass is 9.92. The number of primary amides is 1. The standard InChI is InChI=1S/C26H24F3N5O2/c1-26(2,3)22-13-24(32-25(36)31-21-12-19(28)18(27)11-20(21)29)34(33-22)16-8-14-6-4-5-7-17(14)15(9-16)10-23(30)35/h4-9,11-13H,10H2,1-3H3,(H2,30,35)(H2,31,32,36). The van der Waals surface area contributed by atoms with Crippen molar-refractivity contribution in [3.05, 3.63) is 83.3 Å². The van der Waals surface area contributed by atoms with E-state index in [9.17, 15) is 22.8 Å². The van der Waals surface area contributed by atoms with Crippen LogP contribution in [0.25, 0.3) is 16.5 Å². The van der Waals surface area contributed by atoms with Crippen molar-refractivity contribution in [3.63, 3.8) is 0 Å². The monoisotopic (exact) mass is 495 g/mol. The highest BCUT2D eigenvalue weighted by Gasteiger charge is 2.23. The number of nitrogens with one attached hydrogen (secondary N) is 2. The van der Waals surface area contributed by atoms with Crippen LogP contribution in [0.15, 0.2) is 54.6 Å². The molecule has 0 radical (unpaired) electrons. The third kappa shape index (κ3) is 5.17. The number of aromatic nitrogens is 2. The van der Waals surface area contributed by atoms with Gasteiger partial charge in [-0.3, -0.25) is 10.1 Å². The summed E-state index contributed by atoms with van der Waals surface area (Å²) < 4.78 is 42.3. The van der Waals surface area contributed by atoms with Crippen molar-refractivity contribution in [2.75, 3.05) is 10.6 Å². The average molecular weight is 496 g/mol. The van der Waals surface area contributed by atoms with Gasteiger partial charge in [0, 0.05) is 23.6 Å². The molecule has 0 bridgehead atoms. The zero-order chi connectivity index (χ0) is 26.2. The minimum atomic E-state index is -1.37. The summed E-state index contributed by atoms with van der Waals surface area (Å²) in [6, 6.07) is 12.7. The number of amides is 3. The number of hydrogen-bond acceptors (Lipinski definition) is 3. The molecule has 3 aromatic carbocycles. The number of carbonyl (C=O) groups is 2. The van der Waals surface area contributed by atoms with E-state index in [2.05, 4.69) is 15.7 Å². The molecule has 0 fully saturated rings. The smallest absolute Gasteiger partial charge is 0.324 e. The number of benzene rings is 3. The summed E-state index contributed by atoms with van der Waals surface area (Å²) in [7, 11) is 0. The van der Waals surface area contributed by atoms with Crippen molar-refractivity contribution in [2.45, 2.75) is 32.6 Å². The third-order valence-electron chi connectivity index (χ3n) is 5.52. The van der Waals surface area contributed by atoms with E-state index in [1.165, 1.54) is 4.68 Å². The van der Waals surface area contributed by atoms with Crippen molar-refractivity contribution >= 4 is 34.2 Å². The average Bonchev–Trinajstić information content (AvgIpc) is 3.21. The van der Waals surface area contributed by atoms with Gasteiger partial charge in [0.25, 0.3) is 0 Å². The van der Waals surface area contributed by atoms with Crippen LogP contribution in [0.1, 0.15) is 32.0 Å². The SMILES string of the molecule is CC(C)(C)c1cc(NC(=O)Nc2cc(F)c(F)cc2F)n(-c2cc(CC(N)=O)c3ccccc3c2)n1. The first-order chi connectivity index (χ1) is 16.9. The first-order valence-electron chi connectivity index (χ1n) is 11.1. The first kappa shape index (κ1) is 24.8. The van der Waals surface area contributed by atoms with Crippen LogP contribution in [0.3, 0.4) is 0 Å². The number of nitrogens with zero attached hydrogens (tertiary/aromatic N) is 2. The summed E-state index contributed by atoms with van der Waals surface area (Å²) in [6.07, 6.45) is 0.000402. The number of anilines is 2. The molecule has 1 aromatic heterocycles. The van der Waals surface area contributed by atoms with Crippen molar-refractivity contribution in [1.29, 1.82) is 0 Å². The lowest BCUT2D eigenvalue weighted by Crippen LogP contribution is -2.22. The zero-order valence-corrected chi connectivity index (χ0v) is 19.8. The summed E-state index contributed by atoms with van der Waals surface area (Å²) in [5.41, 5.74) is 6.42. The molecular formula is C26H24F3N5O2. The molecule has 0 saturated heterocycles. The number of carbonyl (C=O) groups excluding carboxylic acids is 2. The molecule has 0 saturated carbocycles. The number of hydrogen-bond donors (Lipinski definition) is 3. The van der Waals surface area contributed by atoms with Crippen LogP contribution < -0.4 is 16.4 Å². The molecule has 0 aliphatic heterocycles.